The summed E-state index contributed by atoms with van der Waals surface area (Å²) >= 11 is 1.32. The third-order valence-electron chi connectivity index (χ3n) is 5.09. The van der Waals surface area contributed by atoms with E-state index in [0.717, 1.165) is 5.56 Å². The largest absolute Gasteiger partial charge is 0.339 e. The van der Waals surface area contributed by atoms with E-state index in [1.807, 2.05) is 35.7 Å². The smallest absolute Gasteiger partial charge is 0.262 e. The minimum absolute atomic E-state index is 0.203. The van der Waals surface area contributed by atoms with Gasteiger partial charge in [0.15, 0.2) is 5.82 Å². The van der Waals surface area contributed by atoms with E-state index in [2.05, 4.69) is 15.6 Å². The fraction of sp³-hybridized carbons (Fsp3) is 0.120. The Morgan fingerprint density at radius 2 is 1.76 bits per heavy atom. The van der Waals surface area contributed by atoms with E-state index >= 15 is 0 Å². The average molecular weight is 459 g/mol. The van der Waals surface area contributed by atoms with Crippen LogP contribution in [0.5, 0.6) is 0 Å². The Hall–Kier alpha value is -4.04. The average Bonchev–Trinajstić information content (AvgIpc) is 3.51. The Kier molecular flexibility index (Phi) is 6.75. The van der Waals surface area contributed by atoms with E-state index in [1.54, 1.807) is 60.4 Å². The molecule has 0 saturated heterocycles. The zero-order valence-electron chi connectivity index (χ0n) is 17.9. The number of benzene rings is 2. The first-order valence-corrected chi connectivity index (χ1v) is 11.2. The highest BCUT2D eigenvalue weighted by molar-refractivity contribution is 7.12. The van der Waals surface area contributed by atoms with Gasteiger partial charge in [-0.1, -0.05) is 36.4 Å². The van der Waals surface area contributed by atoms with Crippen molar-refractivity contribution in [2.75, 3.05) is 5.32 Å². The lowest BCUT2D eigenvalue weighted by molar-refractivity contribution is -0.118. The van der Waals surface area contributed by atoms with Gasteiger partial charge in [-0.3, -0.25) is 14.4 Å². The molecule has 2 aromatic carbocycles. The predicted molar refractivity (Wildman–Crippen MR) is 127 cm³/mol. The molecule has 0 radical (unpaired) electrons. The molecule has 1 atom stereocenters. The highest BCUT2D eigenvalue weighted by Crippen LogP contribution is 2.15. The number of nitrogens with one attached hydrogen (secondary N) is 2. The number of hydrogen-bond donors (Lipinski definition) is 2. The summed E-state index contributed by atoms with van der Waals surface area (Å²) in [6.45, 7) is 0. The van der Waals surface area contributed by atoms with Crippen molar-refractivity contribution in [3.63, 3.8) is 0 Å². The van der Waals surface area contributed by atoms with Gasteiger partial charge in [0.1, 0.15) is 6.04 Å². The van der Waals surface area contributed by atoms with Crippen LogP contribution in [-0.4, -0.2) is 33.2 Å². The monoisotopic (exact) mass is 458 g/mol. The third-order valence-corrected chi connectivity index (χ3v) is 5.96. The Labute approximate surface area is 195 Å². The number of thiophene rings is 1. The molecule has 0 saturated carbocycles. The molecule has 0 bridgehead atoms. The van der Waals surface area contributed by atoms with Crippen LogP contribution in [0.3, 0.4) is 0 Å². The van der Waals surface area contributed by atoms with Gasteiger partial charge >= 0.3 is 0 Å². The van der Waals surface area contributed by atoms with Gasteiger partial charge in [0.25, 0.3) is 5.91 Å². The van der Waals surface area contributed by atoms with Crippen molar-refractivity contribution in [3.05, 3.63) is 106 Å². The van der Waals surface area contributed by atoms with Crippen molar-refractivity contribution < 1.29 is 14.4 Å². The van der Waals surface area contributed by atoms with Crippen molar-refractivity contribution in [2.24, 2.45) is 7.05 Å². The number of ketones is 1. The quantitative estimate of drug-likeness (QED) is 0.394. The van der Waals surface area contributed by atoms with Crippen LogP contribution < -0.4 is 10.6 Å². The lowest BCUT2D eigenvalue weighted by atomic mass is 10.0. The molecule has 33 heavy (non-hydrogen) atoms. The van der Waals surface area contributed by atoms with Crippen LogP contribution in [0.1, 0.15) is 31.4 Å². The van der Waals surface area contributed by atoms with Crippen molar-refractivity contribution in [1.82, 2.24) is 14.9 Å². The molecule has 2 amide bonds. The molecule has 2 heterocycles. The van der Waals surface area contributed by atoms with Crippen molar-refractivity contribution in [1.29, 1.82) is 0 Å². The number of carbonyl (C=O) groups excluding carboxylic acids is 3. The Morgan fingerprint density at radius 3 is 2.39 bits per heavy atom. The van der Waals surface area contributed by atoms with Crippen LogP contribution >= 0.6 is 11.3 Å². The number of aromatic nitrogens is 2. The molecule has 7 nitrogen and oxygen atoms in total. The van der Waals surface area contributed by atoms with Gasteiger partial charge in [-0.15, -0.1) is 11.3 Å². The maximum atomic E-state index is 13.1. The number of carbonyl (C=O) groups is 3. The highest BCUT2D eigenvalue weighted by Gasteiger charge is 2.23. The van der Waals surface area contributed by atoms with E-state index in [4.69, 9.17) is 0 Å². The number of amides is 2. The standard InChI is InChI=1S/C25H22N4O3S/c1-29-14-13-26-23(29)22(30)18-9-11-19(12-10-18)27-24(31)20(16-17-6-3-2-4-7-17)28-25(32)21-8-5-15-33-21/h2-15,20H,16H2,1H3,(H,27,31)(H,28,32). The molecule has 0 spiro atoms. The molecule has 0 aliphatic carbocycles. The number of rotatable bonds is 8. The summed E-state index contributed by atoms with van der Waals surface area (Å²) in [5.74, 6) is -0.499. The molecular formula is C25H22N4O3S. The molecule has 4 aromatic rings. The first-order chi connectivity index (χ1) is 16.0. The molecule has 1 unspecified atom stereocenters. The summed E-state index contributed by atoms with van der Waals surface area (Å²) in [6, 6.07) is 18.9. The van der Waals surface area contributed by atoms with E-state index in [-0.39, 0.29) is 17.6 Å². The Bertz CT molecular complexity index is 1250. The van der Waals surface area contributed by atoms with Crippen molar-refractivity contribution in [2.45, 2.75) is 12.5 Å². The second-order valence-corrected chi connectivity index (χ2v) is 8.40. The number of imidazole rings is 1. The Morgan fingerprint density at radius 1 is 1.00 bits per heavy atom. The van der Waals surface area contributed by atoms with E-state index in [1.165, 1.54) is 11.3 Å². The minimum Gasteiger partial charge on any atom is -0.339 e. The van der Waals surface area contributed by atoms with Gasteiger partial charge in [0.05, 0.1) is 4.88 Å². The zero-order chi connectivity index (χ0) is 23.2. The van der Waals surface area contributed by atoms with Crippen LogP contribution in [0.4, 0.5) is 5.69 Å². The molecule has 8 heteroatoms. The van der Waals surface area contributed by atoms with Gasteiger partial charge < -0.3 is 15.2 Å². The van der Waals surface area contributed by atoms with Crippen LogP contribution in [0.2, 0.25) is 0 Å². The van der Waals surface area contributed by atoms with Crippen LogP contribution in [-0.2, 0) is 18.3 Å². The summed E-state index contributed by atoms with van der Waals surface area (Å²) in [5, 5.41) is 7.49. The molecular weight excluding hydrogens is 436 g/mol. The summed E-state index contributed by atoms with van der Waals surface area (Å²) in [7, 11) is 1.76. The molecule has 2 aromatic heterocycles. The maximum absolute atomic E-state index is 13.1. The topological polar surface area (TPSA) is 93.1 Å². The van der Waals surface area contributed by atoms with Gasteiger partial charge in [-0.2, -0.15) is 0 Å². The van der Waals surface area contributed by atoms with Crippen molar-refractivity contribution in [3.8, 4) is 0 Å². The summed E-state index contributed by atoms with van der Waals surface area (Å²) in [5.41, 5.74) is 1.93. The lowest BCUT2D eigenvalue weighted by Gasteiger charge is -2.18. The normalized spacial score (nSPS) is 11.5. The fourth-order valence-corrected chi connectivity index (χ4v) is 3.97. The molecule has 2 N–H and O–H groups in total. The van der Waals surface area contributed by atoms with Crippen molar-refractivity contribution >= 4 is 34.6 Å². The Balaban J connectivity index is 1.48. The zero-order valence-corrected chi connectivity index (χ0v) is 18.7. The summed E-state index contributed by atoms with van der Waals surface area (Å²) < 4.78 is 1.66. The lowest BCUT2D eigenvalue weighted by Crippen LogP contribution is -2.45. The molecule has 166 valence electrons. The molecule has 4 rings (SSSR count). The van der Waals surface area contributed by atoms with Gasteiger partial charge in [0.2, 0.25) is 11.7 Å². The third kappa shape index (κ3) is 5.42. The number of hydrogen-bond acceptors (Lipinski definition) is 5. The van der Waals surface area contributed by atoms with Gasteiger partial charge in [0, 0.05) is 37.1 Å². The summed E-state index contributed by atoms with van der Waals surface area (Å²) in [6.07, 6.45) is 3.62. The molecule has 0 aliphatic heterocycles. The van der Waals surface area contributed by atoms with Crippen LogP contribution in [0.15, 0.2) is 84.5 Å². The first kappa shape index (κ1) is 22.2. The van der Waals surface area contributed by atoms with E-state index < -0.39 is 6.04 Å². The maximum Gasteiger partial charge on any atom is 0.262 e. The minimum atomic E-state index is -0.768. The second-order valence-electron chi connectivity index (χ2n) is 7.45. The number of anilines is 1. The van der Waals surface area contributed by atoms with E-state index in [9.17, 15) is 14.4 Å². The second kappa shape index (κ2) is 10.1. The molecule has 0 fully saturated rings. The van der Waals surface area contributed by atoms with E-state index in [0.29, 0.717) is 28.4 Å². The number of nitrogens with zero attached hydrogens (tertiary/aromatic N) is 2. The predicted octanol–water partition coefficient (Wildman–Crippen LogP) is 3.69. The van der Waals surface area contributed by atoms with Gasteiger partial charge in [-0.05, 0) is 41.3 Å². The molecule has 0 aliphatic rings. The number of aryl methyl sites for hydroxylation is 1. The van der Waals surface area contributed by atoms with Crippen LogP contribution in [0.25, 0.3) is 0 Å². The summed E-state index contributed by atoms with van der Waals surface area (Å²) in [4.78, 5) is 42.9. The van der Waals surface area contributed by atoms with Gasteiger partial charge in [-0.25, -0.2) is 4.98 Å². The first-order valence-electron chi connectivity index (χ1n) is 10.3. The SMILES string of the molecule is Cn1ccnc1C(=O)c1ccc(NC(=O)C(Cc2ccccc2)NC(=O)c2cccs2)cc1. The fourth-order valence-electron chi connectivity index (χ4n) is 3.34. The highest BCUT2D eigenvalue weighted by atomic mass is 32.1. The van der Waals surface area contributed by atoms with Crippen LogP contribution in [0, 0.1) is 0 Å².